The van der Waals surface area contributed by atoms with Gasteiger partial charge in [-0.15, -0.1) is 0 Å². The lowest BCUT2D eigenvalue weighted by atomic mass is 10.1. The number of hydrogen-bond acceptors (Lipinski definition) is 3. The summed E-state index contributed by atoms with van der Waals surface area (Å²) in [6.45, 7) is 4.06. The molecule has 136 valence electrons. The smallest absolute Gasteiger partial charge is 0.255 e. The first kappa shape index (κ1) is 18.1. The van der Waals surface area contributed by atoms with Crippen molar-refractivity contribution in [2.45, 2.75) is 13.3 Å². The number of nitrogens with one attached hydrogen (secondary N) is 1. The first-order chi connectivity index (χ1) is 12.5. The Balaban J connectivity index is 1.59. The summed E-state index contributed by atoms with van der Waals surface area (Å²) in [5.41, 5.74) is 2.23. The van der Waals surface area contributed by atoms with E-state index < -0.39 is 5.82 Å². The maximum Gasteiger partial charge on any atom is 0.255 e. The van der Waals surface area contributed by atoms with Crippen LogP contribution in [0.25, 0.3) is 0 Å². The number of carbonyl (C=O) groups excluding carboxylic acids is 2. The van der Waals surface area contributed by atoms with Gasteiger partial charge in [-0.05, 0) is 42.3 Å². The fourth-order valence-electron chi connectivity index (χ4n) is 2.74. The molecule has 0 spiro atoms. The second-order valence-electron chi connectivity index (χ2n) is 6.28. The fraction of sp³-hybridized carbons (Fsp3) is 0.300. The molecule has 0 unspecified atom stereocenters. The number of halogens is 1. The second kappa shape index (κ2) is 8.10. The summed E-state index contributed by atoms with van der Waals surface area (Å²) in [6.07, 6.45) is 0.317. The topological polar surface area (TPSA) is 58.6 Å². The van der Waals surface area contributed by atoms with Crippen molar-refractivity contribution < 1.29 is 18.7 Å². The Bertz CT molecular complexity index is 799. The van der Waals surface area contributed by atoms with Crippen LogP contribution in [-0.4, -0.2) is 43.0 Å². The number of amides is 2. The van der Waals surface area contributed by atoms with E-state index in [1.54, 1.807) is 36.1 Å². The van der Waals surface area contributed by atoms with Gasteiger partial charge >= 0.3 is 0 Å². The van der Waals surface area contributed by atoms with Gasteiger partial charge in [0.1, 0.15) is 5.82 Å². The molecule has 1 fully saturated rings. The van der Waals surface area contributed by atoms with Crippen molar-refractivity contribution in [1.82, 2.24) is 4.90 Å². The molecule has 0 radical (unpaired) electrons. The summed E-state index contributed by atoms with van der Waals surface area (Å²) in [7, 11) is 0. The van der Waals surface area contributed by atoms with Crippen LogP contribution in [0.2, 0.25) is 0 Å². The van der Waals surface area contributed by atoms with Crippen LogP contribution in [0.15, 0.2) is 42.5 Å². The molecule has 5 nitrogen and oxygen atoms in total. The maximum absolute atomic E-state index is 13.6. The zero-order valence-corrected chi connectivity index (χ0v) is 14.6. The minimum atomic E-state index is -0.408. The first-order valence-corrected chi connectivity index (χ1v) is 8.55. The van der Waals surface area contributed by atoms with Crippen LogP contribution in [0.4, 0.5) is 10.1 Å². The van der Waals surface area contributed by atoms with Gasteiger partial charge in [-0.25, -0.2) is 4.39 Å². The van der Waals surface area contributed by atoms with Gasteiger partial charge in [0, 0.05) is 24.3 Å². The molecule has 26 heavy (non-hydrogen) atoms. The largest absolute Gasteiger partial charge is 0.378 e. The van der Waals surface area contributed by atoms with Crippen LogP contribution in [0, 0.1) is 12.7 Å². The first-order valence-electron chi connectivity index (χ1n) is 8.55. The van der Waals surface area contributed by atoms with Gasteiger partial charge in [0.05, 0.1) is 19.6 Å². The van der Waals surface area contributed by atoms with Gasteiger partial charge in [-0.2, -0.15) is 0 Å². The Morgan fingerprint density at radius 1 is 1.12 bits per heavy atom. The highest BCUT2D eigenvalue weighted by Gasteiger charge is 2.17. The predicted molar refractivity (Wildman–Crippen MR) is 96.6 cm³/mol. The number of benzene rings is 2. The van der Waals surface area contributed by atoms with Gasteiger partial charge in [-0.1, -0.05) is 18.2 Å². The lowest BCUT2D eigenvalue weighted by Gasteiger charge is -2.26. The van der Waals surface area contributed by atoms with Crippen molar-refractivity contribution in [3.05, 3.63) is 65.0 Å². The van der Waals surface area contributed by atoms with Crippen molar-refractivity contribution in [3.8, 4) is 0 Å². The number of anilines is 1. The van der Waals surface area contributed by atoms with Gasteiger partial charge in [0.2, 0.25) is 5.91 Å². The van der Waals surface area contributed by atoms with Crippen LogP contribution in [0.1, 0.15) is 21.5 Å². The predicted octanol–water partition coefficient (Wildman–Crippen LogP) is 2.79. The zero-order valence-electron chi connectivity index (χ0n) is 14.6. The van der Waals surface area contributed by atoms with Crippen LogP contribution in [0.3, 0.4) is 0 Å². The van der Waals surface area contributed by atoms with Crippen molar-refractivity contribution >= 4 is 17.5 Å². The van der Waals surface area contributed by atoms with Gasteiger partial charge in [-0.3, -0.25) is 9.59 Å². The summed E-state index contributed by atoms with van der Waals surface area (Å²) < 4.78 is 18.8. The fourth-order valence-corrected chi connectivity index (χ4v) is 2.74. The molecule has 1 aliphatic heterocycles. The molecule has 0 atom stereocenters. The van der Waals surface area contributed by atoms with Crippen molar-refractivity contribution in [2.24, 2.45) is 0 Å². The van der Waals surface area contributed by atoms with Crippen LogP contribution in [-0.2, 0) is 16.0 Å². The normalized spacial score (nSPS) is 14.2. The van der Waals surface area contributed by atoms with E-state index in [0.717, 1.165) is 5.56 Å². The van der Waals surface area contributed by atoms with E-state index in [1.165, 1.54) is 6.07 Å². The third kappa shape index (κ3) is 4.46. The standard InChI is InChI=1S/C20H21FN2O3/c1-14-2-5-16(13-18(14)21)20(25)22-17-6-3-15(4-7-17)12-19(24)23-8-10-26-11-9-23/h2-7,13H,8-12H2,1H3,(H,22,25). The lowest BCUT2D eigenvalue weighted by Crippen LogP contribution is -2.41. The van der Waals surface area contributed by atoms with E-state index in [1.807, 2.05) is 12.1 Å². The third-order valence-electron chi connectivity index (χ3n) is 4.36. The molecule has 0 bridgehead atoms. The number of hydrogen-bond donors (Lipinski definition) is 1. The number of ether oxygens (including phenoxy) is 1. The summed E-state index contributed by atoms with van der Waals surface area (Å²) in [6, 6.07) is 11.5. The van der Waals surface area contributed by atoms with Crippen LogP contribution >= 0.6 is 0 Å². The van der Waals surface area contributed by atoms with Crippen molar-refractivity contribution in [2.75, 3.05) is 31.6 Å². The molecule has 1 heterocycles. The number of aryl methyl sites for hydroxylation is 1. The highest BCUT2D eigenvalue weighted by atomic mass is 19.1. The van der Waals surface area contributed by atoms with E-state index in [2.05, 4.69) is 5.32 Å². The number of carbonyl (C=O) groups is 2. The van der Waals surface area contributed by atoms with Crippen LogP contribution in [0.5, 0.6) is 0 Å². The molecule has 3 rings (SSSR count). The Labute approximate surface area is 151 Å². The molecule has 0 saturated carbocycles. The molecule has 1 aliphatic rings. The van der Waals surface area contributed by atoms with Gasteiger partial charge < -0.3 is 15.0 Å². The maximum atomic E-state index is 13.6. The zero-order chi connectivity index (χ0) is 18.5. The highest BCUT2D eigenvalue weighted by Crippen LogP contribution is 2.15. The average molecular weight is 356 g/mol. The molecule has 2 amide bonds. The average Bonchev–Trinajstić information content (AvgIpc) is 2.66. The van der Waals surface area contributed by atoms with E-state index in [0.29, 0.717) is 44.0 Å². The minimum absolute atomic E-state index is 0.0696. The minimum Gasteiger partial charge on any atom is -0.378 e. The number of rotatable bonds is 4. The summed E-state index contributed by atoms with van der Waals surface area (Å²) in [4.78, 5) is 26.2. The van der Waals surface area contributed by atoms with E-state index in [9.17, 15) is 14.0 Å². The third-order valence-corrected chi connectivity index (χ3v) is 4.36. The molecule has 0 aliphatic carbocycles. The van der Waals surface area contributed by atoms with E-state index in [-0.39, 0.29) is 17.4 Å². The van der Waals surface area contributed by atoms with Gasteiger partial charge in [0.25, 0.3) is 5.91 Å². The highest BCUT2D eigenvalue weighted by molar-refractivity contribution is 6.04. The Hall–Kier alpha value is -2.73. The number of nitrogens with zero attached hydrogens (tertiary/aromatic N) is 1. The lowest BCUT2D eigenvalue weighted by molar-refractivity contribution is -0.134. The molecule has 1 saturated heterocycles. The SMILES string of the molecule is Cc1ccc(C(=O)Nc2ccc(CC(=O)N3CCOCC3)cc2)cc1F. The summed E-state index contributed by atoms with van der Waals surface area (Å²) in [5.74, 6) is -0.712. The Morgan fingerprint density at radius 3 is 2.46 bits per heavy atom. The molecular weight excluding hydrogens is 335 g/mol. The number of morpholine rings is 1. The second-order valence-corrected chi connectivity index (χ2v) is 6.28. The molecule has 1 N–H and O–H groups in total. The quantitative estimate of drug-likeness (QED) is 0.916. The van der Waals surface area contributed by atoms with Crippen LogP contribution < -0.4 is 5.32 Å². The van der Waals surface area contributed by atoms with Crippen molar-refractivity contribution in [1.29, 1.82) is 0 Å². The van der Waals surface area contributed by atoms with E-state index in [4.69, 9.17) is 4.74 Å². The molecule has 2 aromatic rings. The molecule has 2 aromatic carbocycles. The summed E-state index contributed by atoms with van der Waals surface area (Å²) in [5, 5.41) is 2.73. The molecular formula is C20H21FN2O3. The van der Waals surface area contributed by atoms with Crippen molar-refractivity contribution in [3.63, 3.8) is 0 Å². The Morgan fingerprint density at radius 2 is 1.81 bits per heavy atom. The molecule has 6 heteroatoms. The van der Waals surface area contributed by atoms with E-state index >= 15 is 0 Å². The monoisotopic (exact) mass is 356 g/mol. The molecule has 0 aromatic heterocycles. The summed E-state index contributed by atoms with van der Waals surface area (Å²) >= 11 is 0. The Kier molecular flexibility index (Phi) is 5.63. The van der Waals surface area contributed by atoms with Gasteiger partial charge in [0.15, 0.2) is 0 Å².